The van der Waals surface area contributed by atoms with Crippen molar-refractivity contribution >= 4 is 38.6 Å². The zero-order chi connectivity index (χ0) is 28.8. The van der Waals surface area contributed by atoms with E-state index < -0.39 is 27.6 Å². The Labute approximate surface area is 233 Å². The third-order valence-corrected chi connectivity index (χ3v) is 7.38. The van der Waals surface area contributed by atoms with Crippen LogP contribution >= 0.6 is 0 Å². The molecule has 0 bridgehead atoms. The van der Waals surface area contributed by atoms with Gasteiger partial charge in [0.1, 0.15) is 11.6 Å². The van der Waals surface area contributed by atoms with Gasteiger partial charge in [0.25, 0.3) is 10.1 Å². The van der Waals surface area contributed by atoms with Gasteiger partial charge < -0.3 is 19.9 Å². The number of amides is 1. The Morgan fingerprint density at radius 3 is 2.50 bits per heavy atom. The second-order valence-corrected chi connectivity index (χ2v) is 11.8. The number of aliphatic hydroxyl groups excluding tert-OH is 1. The van der Waals surface area contributed by atoms with Crippen molar-refractivity contribution in [2.24, 2.45) is 5.41 Å². The molecule has 0 aliphatic heterocycles. The Kier molecular flexibility index (Phi) is 9.39. The largest absolute Gasteiger partial charge is 0.491 e. The van der Waals surface area contributed by atoms with Crippen LogP contribution in [0.25, 0.3) is 10.8 Å². The number of aliphatic hydroxyl groups is 1. The molecule has 10 nitrogen and oxygen atoms in total. The van der Waals surface area contributed by atoms with E-state index >= 15 is 0 Å². The van der Waals surface area contributed by atoms with E-state index in [1.165, 1.54) is 0 Å². The van der Waals surface area contributed by atoms with Crippen LogP contribution in [0.1, 0.15) is 49.4 Å². The second-order valence-electron chi connectivity index (χ2n) is 10.2. The van der Waals surface area contributed by atoms with Gasteiger partial charge in [-0.15, -0.1) is 0 Å². The number of hydrogen-bond donors (Lipinski definition) is 2. The average molecular weight is 571 g/mol. The lowest BCUT2D eigenvalue weighted by molar-refractivity contribution is -0.122. The molecule has 3 aromatic rings. The molecule has 2 atom stereocenters. The van der Waals surface area contributed by atoms with Gasteiger partial charge in [0.05, 0.1) is 36.0 Å². The number of pyridine rings is 1. The van der Waals surface area contributed by atoms with Crippen molar-refractivity contribution in [2.75, 3.05) is 24.8 Å². The third kappa shape index (κ3) is 8.23. The van der Waals surface area contributed by atoms with Crippen molar-refractivity contribution in [3.8, 4) is 5.75 Å². The molecule has 40 heavy (non-hydrogen) atoms. The normalized spacial score (nSPS) is 15.7. The number of hydrogen-bond acceptors (Lipinski definition) is 9. The van der Waals surface area contributed by atoms with Crippen molar-refractivity contribution in [1.29, 1.82) is 0 Å². The molecule has 1 heterocycles. The summed E-state index contributed by atoms with van der Waals surface area (Å²) in [6.07, 6.45) is 3.60. The predicted octanol–water partition coefficient (Wildman–Crippen LogP) is 4.09. The van der Waals surface area contributed by atoms with Crippen LogP contribution < -0.4 is 10.1 Å². The van der Waals surface area contributed by atoms with Gasteiger partial charge in [-0.1, -0.05) is 24.3 Å². The van der Waals surface area contributed by atoms with Gasteiger partial charge >= 0.3 is 5.97 Å². The molecular weight excluding hydrogens is 536 g/mol. The maximum Gasteiger partial charge on any atom is 0.338 e. The SMILES string of the molecule is CC(CCO)Oc1ccc2cc(NC(=O)C3(CC(CCOC(=O)c4ccccc4)OS(C)(=O)=O)CC3)ncc2c1. The van der Waals surface area contributed by atoms with Crippen LogP contribution in [-0.4, -0.2) is 62.1 Å². The smallest absolute Gasteiger partial charge is 0.338 e. The summed E-state index contributed by atoms with van der Waals surface area (Å²) in [5, 5.41) is 13.6. The van der Waals surface area contributed by atoms with Crippen LogP contribution in [0.15, 0.2) is 60.8 Å². The Bertz CT molecular complexity index is 1440. The molecule has 214 valence electrons. The number of ether oxygens (including phenoxy) is 2. The maximum atomic E-state index is 13.3. The van der Waals surface area contributed by atoms with E-state index in [0.29, 0.717) is 36.4 Å². The third-order valence-electron chi connectivity index (χ3n) is 6.75. The quantitative estimate of drug-likeness (QED) is 0.217. The van der Waals surface area contributed by atoms with E-state index in [2.05, 4.69) is 10.3 Å². The van der Waals surface area contributed by atoms with Gasteiger partial charge in [0.15, 0.2) is 0 Å². The van der Waals surface area contributed by atoms with Crippen LogP contribution in [0.3, 0.4) is 0 Å². The topological polar surface area (TPSA) is 141 Å². The summed E-state index contributed by atoms with van der Waals surface area (Å²) in [6.45, 7) is 1.87. The fourth-order valence-electron chi connectivity index (χ4n) is 4.47. The number of aromatic nitrogens is 1. The molecule has 11 heteroatoms. The van der Waals surface area contributed by atoms with Gasteiger partial charge in [0.2, 0.25) is 5.91 Å². The summed E-state index contributed by atoms with van der Waals surface area (Å²) >= 11 is 0. The minimum absolute atomic E-state index is 0.0453. The molecule has 1 aliphatic rings. The van der Waals surface area contributed by atoms with Crippen LogP contribution in [0.5, 0.6) is 5.75 Å². The number of carbonyl (C=O) groups is 2. The monoisotopic (exact) mass is 570 g/mol. The molecule has 1 amide bonds. The number of nitrogens with one attached hydrogen (secondary N) is 1. The van der Waals surface area contributed by atoms with Crippen LogP contribution in [0.2, 0.25) is 0 Å². The lowest BCUT2D eigenvalue weighted by Gasteiger charge is -2.22. The van der Waals surface area contributed by atoms with E-state index in [9.17, 15) is 18.0 Å². The van der Waals surface area contributed by atoms with Gasteiger partial charge in [-0.2, -0.15) is 8.42 Å². The van der Waals surface area contributed by atoms with E-state index in [-0.39, 0.29) is 38.1 Å². The van der Waals surface area contributed by atoms with Crippen molar-refractivity contribution < 1.29 is 36.8 Å². The molecule has 1 fully saturated rings. The van der Waals surface area contributed by atoms with Gasteiger partial charge in [-0.3, -0.25) is 8.98 Å². The lowest BCUT2D eigenvalue weighted by Crippen LogP contribution is -2.31. The first-order chi connectivity index (χ1) is 19.1. The second kappa shape index (κ2) is 12.8. The number of nitrogens with zero attached hydrogens (tertiary/aromatic N) is 1. The summed E-state index contributed by atoms with van der Waals surface area (Å²) in [7, 11) is -3.80. The molecule has 1 aliphatic carbocycles. The average Bonchev–Trinajstić information content (AvgIpc) is 3.69. The summed E-state index contributed by atoms with van der Waals surface area (Å²) in [5.41, 5.74) is -0.403. The first-order valence-corrected chi connectivity index (χ1v) is 15.0. The molecular formula is C29H34N2O8S. The minimum Gasteiger partial charge on any atom is -0.491 e. The molecule has 1 aromatic heterocycles. The summed E-state index contributed by atoms with van der Waals surface area (Å²) < 4.78 is 40.2. The number of benzene rings is 2. The highest BCUT2D eigenvalue weighted by Gasteiger charge is 2.51. The highest BCUT2D eigenvalue weighted by atomic mass is 32.2. The molecule has 0 spiro atoms. The van der Waals surface area contributed by atoms with E-state index in [4.69, 9.17) is 18.8 Å². The Morgan fingerprint density at radius 1 is 1.07 bits per heavy atom. The summed E-state index contributed by atoms with van der Waals surface area (Å²) in [5.74, 6) is 0.262. The highest BCUT2D eigenvalue weighted by Crippen LogP contribution is 2.51. The van der Waals surface area contributed by atoms with Crippen LogP contribution in [0.4, 0.5) is 5.82 Å². The molecule has 2 N–H and O–H groups in total. The maximum absolute atomic E-state index is 13.3. The molecule has 4 rings (SSSR count). The Balaban J connectivity index is 1.38. The van der Waals surface area contributed by atoms with Crippen molar-refractivity contribution in [3.63, 3.8) is 0 Å². The van der Waals surface area contributed by atoms with Crippen LogP contribution in [-0.2, 0) is 23.8 Å². The zero-order valence-corrected chi connectivity index (χ0v) is 23.4. The van der Waals surface area contributed by atoms with Crippen molar-refractivity contribution in [2.45, 2.75) is 51.2 Å². The molecule has 0 radical (unpaired) electrons. The standard InChI is InChI=1S/C29H34N2O8S/c1-20(10-14-32)38-24-9-8-22-17-26(30-19-23(22)16-24)31-28(34)29(12-13-29)18-25(39-40(2,35)36)11-15-37-27(33)21-6-4-3-5-7-21/h3-9,16-17,19-20,25,32H,10-15,18H2,1-2H3,(H,30,31,34). The fraction of sp³-hybridized carbons (Fsp3) is 0.414. The Morgan fingerprint density at radius 2 is 1.82 bits per heavy atom. The van der Waals surface area contributed by atoms with Gasteiger partial charge in [0, 0.05) is 31.0 Å². The zero-order valence-electron chi connectivity index (χ0n) is 22.5. The first kappa shape index (κ1) is 29.4. The van der Waals surface area contributed by atoms with Crippen LogP contribution in [0, 0.1) is 5.41 Å². The van der Waals surface area contributed by atoms with E-state index in [0.717, 1.165) is 17.0 Å². The Hall–Kier alpha value is -3.54. The summed E-state index contributed by atoms with van der Waals surface area (Å²) in [6, 6.07) is 15.8. The predicted molar refractivity (Wildman–Crippen MR) is 150 cm³/mol. The van der Waals surface area contributed by atoms with E-state index in [1.807, 2.05) is 25.1 Å². The molecule has 1 saturated carbocycles. The minimum atomic E-state index is -3.80. The number of fused-ring (bicyclic) bond motifs is 1. The number of anilines is 1. The van der Waals surface area contributed by atoms with Gasteiger partial charge in [-0.25, -0.2) is 9.78 Å². The number of rotatable bonds is 14. The fourth-order valence-corrected chi connectivity index (χ4v) is 5.12. The molecule has 2 aromatic carbocycles. The molecule has 0 saturated heterocycles. The molecule has 2 unspecified atom stereocenters. The lowest BCUT2D eigenvalue weighted by atomic mass is 9.96. The van der Waals surface area contributed by atoms with E-state index in [1.54, 1.807) is 42.6 Å². The van der Waals surface area contributed by atoms with Gasteiger partial charge in [-0.05, 0) is 61.9 Å². The summed E-state index contributed by atoms with van der Waals surface area (Å²) in [4.78, 5) is 29.9. The number of esters is 1. The van der Waals surface area contributed by atoms with Crippen molar-refractivity contribution in [3.05, 3.63) is 66.4 Å². The number of carbonyl (C=O) groups excluding carboxylic acids is 2. The first-order valence-electron chi connectivity index (χ1n) is 13.2. The highest BCUT2D eigenvalue weighted by molar-refractivity contribution is 7.86. The van der Waals surface area contributed by atoms with Crippen molar-refractivity contribution in [1.82, 2.24) is 4.98 Å².